The van der Waals surface area contributed by atoms with Gasteiger partial charge in [0, 0.05) is 19.5 Å². The maximum absolute atomic E-state index is 13.1. The van der Waals surface area contributed by atoms with Crippen molar-refractivity contribution in [2.24, 2.45) is 5.92 Å². The molecule has 2 fully saturated rings. The Morgan fingerprint density at radius 1 is 1.35 bits per heavy atom. The molecule has 2 atom stereocenters. The van der Waals surface area contributed by atoms with E-state index in [0.29, 0.717) is 36.8 Å². The van der Waals surface area contributed by atoms with Crippen LogP contribution in [0.25, 0.3) is 0 Å². The number of halogens is 1. The number of nitrogens with zero attached hydrogens (tertiary/aromatic N) is 3. The summed E-state index contributed by atoms with van der Waals surface area (Å²) in [5.41, 5.74) is 0.248. The topological polar surface area (TPSA) is 76.3 Å². The molecule has 2 aliphatic rings. The van der Waals surface area contributed by atoms with Crippen LogP contribution in [0.4, 0.5) is 4.39 Å². The summed E-state index contributed by atoms with van der Waals surface area (Å²) >= 11 is 0. The molecule has 1 saturated heterocycles. The van der Waals surface area contributed by atoms with E-state index >= 15 is 0 Å². The Bertz CT molecular complexity index is 897. The number of hydrogen-bond acceptors (Lipinski definition) is 5. The summed E-state index contributed by atoms with van der Waals surface area (Å²) in [6.45, 7) is 2.83. The smallest absolute Gasteiger partial charge is 0.226 e. The molecule has 26 heavy (non-hydrogen) atoms. The van der Waals surface area contributed by atoms with Crippen LogP contribution in [0.3, 0.4) is 0 Å². The van der Waals surface area contributed by atoms with Gasteiger partial charge in [0.1, 0.15) is 5.82 Å². The molecule has 1 aliphatic heterocycles. The molecule has 1 aromatic carbocycles. The van der Waals surface area contributed by atoms with Gasteiger partial charge in [0.05, 0.1) is 11.2 Å². The fraction of sp³-hybridized carbons (Fsp3) is 0.556. The van der Waals surface area contributed by atoms with E-state index < -0.39 is 10.0 Å². The molecule has 0 spiro atoms. The molecule has 2 heterocycles. The predicted molar refractivity (Wildman–Crippen MR) is 93.3 cm³/mol. The Hall–Kier alpha value is -1.80. The van der Waals surface area contributed by atoms with Gasteiger partial charge in [0.15, 0.2) is 5.82 Å². The number of benzene rings is 1. The van der Waals surface area contributed by atoms with Crippen LogP contribution in [0, 0.1) is 11.7 Å². The number of rotatable bonds is 5. The molecule has 0 radical (unpaired) electrons. The minimum Gasteiger partial charge on any atom is -0.339 e. The second-order valence-corrected chi connectivity index (χ2v) is 9.25. The first-order valence-electron chi connectivity index (χ1n) is 8.98. The van der Waals surface area contributed by atoms with Crippen molar-refractivity contribution in [1.82, 2.24) is 14.4 Å². The highest BCUT2D eigenvalue weighted by molar-refractivity contribution is 7.88. The molecule has 0 amide bonds. The Labute approximate surface area is 152 Å². The summed E-state index contributed by atoms with van der Waals surface area (Å²) < 4.78 is 45.8. The van der Waals surface area contributed by atoms with Crippen molar-refractivity contribution in [1.29, 1.82) is 0 Å². The van der Waals surface area contributed by atoms with Crippen molar-refractivity contribution in [2.75, 3.05) is 13.1 Å². The third kappa shape index (κ3) is 2.95. The maximum atomic E-state index is 13.1. The molecule has 0 bridgehead atoms. The lowest BCUT2D eigenvalue weighted by Gasteiger charge is -2.24. The summed E-state index contributed by atoms with van der Waals surface area (Å²) in [7, 11) is -3.49. The SMILES string of the molecule is CCc1nc(C23CCCC2CN(S(=O)(=O)Cc2ccc(F)cc2)C3)no1. The van der Waals surface area contributed by atoms with Crippen molar-refractivity contribution in [2.45, 2.75) is 43.8 Å². The zero-order chi connectivity index (χ0) is 18.4. The van der Waals surface area contributed by atoms with E-state index in [1.165, 1.54) is 24.3 Å². The number of aromatic nitrogens is 2. The molecule has 1 aliphatic carbocycles. The minimum absolute atomic E-state index is 0.122. The standard InChI is InChI=1S/C18H22FN3O3S/c1-2-16-20-17(21-25-16)18-9-3-4-14(18)10-22(12-18)26(23,24)11-13-5-7-15(19)8-6-13/h5-8,14H,2-4,9-12H2,1H3. The van der Waals surface area contributed by atoms with E-state index in [1.54, 1.807) is 4.31 Å². The normalized spacial score (nSPS) is 26.3. The highest BCUT2D eigenvalue weighted by Gasteiger charge is 2.55. The van der Waals surface area contributed by atoms with Crippen molar-refractivity contribution >= 4 is 10.0 Å². The molecule has 4 rings (SSSR count). The molecular weight excluding hydrogens is 357 g/mol. The summed E-state index contributed by atoms with van der Waals surface area (Å²) in [6.07, 6.45) is 3.56. The molecule has 1 saturated carbocycles. The highest BCUT2D eigenvalue weighted by atomic mass is 32.2. The summed E-state index contributed by atoms with van der Waals surface area (Å²) in [4.78, 5) is 4.51. The van der Waals surface area contributed by atoms with Gasteiger partial charge in [-0.05, 0) is 36.5 Å². The van der Waals surface area contributed by atoms with Gasteiger partial charge in [-0.2, -0.15) is 4.98 Å². The number of sulfonamides is 1. The predicted octanol–water partition coefficient (Wildman–Crippen LogP) is 2.65. The third-order valence-electron chi connectivity index (χ3n) is 5.71. The van der Waals surface area contributed by atoms with Gasteiger partial charge in [-0.1, -0.05) is 30.6 Å². The van der Waals surface area contributed by atoms with Crippen molar-refractivity contribution in [3.63, 3.8) is 0 Å². The fourth-order valence-electron chi connectivity index (χ4n) is 4.30. The lowest BCUT2D eigenvalue weighted by molar-refractivity contribution is 0.329. The van der Waals surface area contributed by atoms with Crippen LogP contribution in [0.1, 0.15) is 43.5 Å². The minimum atomic E-state index is -3.49. The van der Waals surface area contributed by atoms with Crippen molar-refractivity contribution in [3.8, 4) is 0 Å². The van der Waals surface area contributed by atoms with Gasteiger partial charge >= 0.3 is 0 Å². The van der Waals surface area contributed by atoms with Crippen LogP contribution in [-0.4, -0.2) is 36.0 Å². The summed E-state index contributed by atoms with van der Waals surface area (Å²) in [5.74, 6) is 0.962. The van der Waals surface area contributed by atoms with E-state index in [1.807, 2.05) is 6.92 Å². The van der Waals surface area contributed by atoms with Crippen LogP contribution >= 0.6 is 0 Å². The third-order valence-corrected chi connectivity index (χ3v) is 7.47. The number of hydrogen-bond donors (Lipinski definition) is 0. The largest absolute Gasteiger partial charge is 0.339 e. The molecule has 140 valence electrons. The second-order valence-electron chi connectivity index (χ2n) is 7.29. The van der Waals surface area contributed by atoms with E-state index in [-0.39, 0.29) is 22.9 Å². The second kappa shape index (κ2) is 6.42. The van der Waals surface area contributed by atoms with Gasteiger partial charge in [-0.25, -0.2) is 17.1 Å². The van der Waals surface area contributed by atoms with Gasteiger partial charge in [-0.15, -0.1) is 0 Å². The van der Waals surface area contributed by atoms with Crippen LogP contribution in [0.15, 0.2) is 28.8 Å². The molecular formula is C18H22FN3O3S. The quantitative estimate of drug-likeness (QED) is 0.798. The average Bonchev–Trinajstić information content (AvgIpc) is 3.29. The fourth-order valence-corrected chi connectivity index (χ4v) is 5.93. The van der Waals surface area contributed by atoms with E-state index in [2.05, 4.69) is 10.1 Å². The number of fused-ring (bicyclic) bond motifs is 1. The van der Waals surface area contributed by atoms with Gasteiger partial charge < -0.3 is 4.52 Å². The molecule has 8 heteroatoms. The maximum Gasteiger partial charge on any atom is 0.226 e. The van der Waals surface area contributed by atoms with Crippen LogP contribution in [0.2, 0.25) is 0 Å². The first-order chi connectivity index (χ1) is 12.4. The molecule has 2 aromatic rings. The first kappa shape index (κ1) is 17.6. The Kier molecular flexibility index (Phi) is 4.35. The molecule has 0 N–H and O–H groups in total. The summed E-state index contributed by atoms with van der Waals surface area (Å²) in [6, 6.07) is 5.62. The Balaban J connectivity index is 1.58. The molecule has 2 unspecified atom stereocenters. The van der Waals surface area contributed by atoms with E-state index in [0.717, 1.165) is 19.3 Å². The highest BCUT2D eigenvalue weighted by Crippen LogP contribution is 2.50. The van der Waals surface area contributed by atoms with Gasteiger partial charge in [0.2, 0.25) is 15.9 Å². The van der Waals surface area contributed by atoms with Crippen molar-refractivity contribution in [3.05, 3.63) is 47.4 Å². The summed E-state index contributed by atoms with van der Waals surface area (Å²) in [5, 5.41) is 4.16. The zero-order valence-corrected chi connectivity index (χ0v) is 15.5. The van der Waals surface area contributed by atoms with Gasteiger partial charge in [0.25, 0.3) is 0 Å². The van der Waals surface area contributed by atoms with Crippen LogP contribution in [0.5, 0.6) is 0 Å². The number of aryl methyl sites for hydroxylation is 1. The lowest BCUT2D eigenvalue weighted by atomic mass is 9.80. The first-order valence-corrected chi connectivity index (χ1v) is 10.6. The van der Waals surface area contributed by atoms with Crippen LogP contribution in [-0.2, 0) is 27.6 Å². The lowest BCUT2D eigenvalue weighted by Crippen LogP contribution is -2.36. The van der Waals surface area contributed by atoms with E-state index in [9.17, 15) is 12.8 Å². The Morgan fingerprint density at radius 2 is 2.12 bits per heavy atom. The van der Waals surface area contributed by atoms with Gasteiger partial charge in [-0.3, -0.25) is 0 Å². The Morgan fingerprint density at radius 3 is 2.81 bits per heavy atom. The molecule has 1 aromatic heterocycles. The van der Waals surface area contributed by atoms with Crippen LogP contribution < -0.4 is 0 Å². The average molecular weight is 379 g/mol. The van der Waals surface area contributed by atoms with E-state index in [4.69, 9.17) is 4.52 Å². The molecule has 6 nitrogen and oxygen atoms in total. The monoisotopic (exact) mass is 379 g/mol. The van der Waals surface area contributed by atoms with Crippen molar-refractivity contribution < 1.29 is 17.3 Å². The zero-order valence-electron chi connectivity index (χ0n) is 14.7.